The Hall–Kier alpha value is -2.14. The lowest BCUT2D eigenvalue weighted by molar-refractivity contribution is 0.0713. The number of likely N-dealkylation sites (tertiary alicyclic amines) is 2. The number of furan rings is 1. The van der Waals surface area contributed by atoms with Crippen molar-refractivity contribution in [3.8, 4) is 0 Å². The number of rotatable bonds is 3. The Balaban J connectivity index is 1.34. The lowest BCUT2D eigenvalue weighted by Gasteiger charge is -2.39. The molecule has 0 aromatic carbocycles. The van der Waals surface area contributed by atoms with Gasteiger partial charge in [-0.25, -0.2) is 0 Å². The van der Waals surface area contributed by atoms with E-state index in [4.69, 9.17) is 4.42 Å². The molecule has 0 unspecified atom stereocenters. The fraction of sp³-hybridized carbons (Fsp3) is 0.474. The number of nitrogens with zero attached hydrogens (tertiary/aromatic N) is 3. The number of carbonyl (C=O) groups excluding carboxylic acids is 1. The highest BCUT2D eigenvalue weighted by Gasteiger charge is 2.42. The molecule has 2 aromatic rings. The molecule has 24 heavy (non-hydrogen) atoms. The molecular formula is C19H23N3O2. The molecule has 0 saturated carbocycles. The van der Waals surface area contributed by atoms with Gasteiger partial charge in [-0.1, -0.05) is 0 Å². The van der Waals surface area contributed by atoms with Crippen LogP contribution in [0.3, 0.4) is 0 Å². The second kappa shape index (κ2) is 6.40. The molecular weight excluding hydrogens is 302 g/mol. The largest absolute Gasteiger partial charge is 0.472 e. The van der Waals surface area contributed by atoms with E-state index in [1.54, 1.807) is 18.7 Å². The third kappa shape index (κ3) is 3.08. The third-order valence-corrected chi connectivity index (χ3v) is 5.54. The maximum atomic E-state index is 12.6. The summed E-state index contributed by atoms with van der Waals surface area (Å²) in [5.41, 5.74) is 2.25. The van der Waals surface area contributed by atoms with Gasteiger partial charge in [0.05, 0.1) is 18.1 Å². The van der Waals surface area contributed by atoms with E-state index in [2.05, 4.69) is 9.88 Å². The van der Waals surface area contributed by atoms with Crippen molar-refractivity contribution in [2.45, 2.75) is 25.8 Å². The molecule has 4 rings (SSSR count). The van der Waals surface area contributed by atoms with Gasteiger partial charge in [0.25, 0.3) is 5.91 Å². The topological polar surface area (TPSA) is 49.6 Å². The molecule has 5 heteroatoms. The lowest BCUT2D eigenvalue weighted by Crippen LogP contribution is -2.41. The Morgan fingerprint density at radius 1 is 1.21 bits per heavy atom. The van der Waals surface area contributed by atoms with Crippen molar-refractivity contribution in [2.24, 2.45) is 5.41 Å². The summed E-state index contributed by atoms with van der Waals surface area (Å²) in [5.74, 6) is 0.126. The number of carbonyl (C=O) groups is 1. The smallest absolute Gasteiger partial charge is 0.255 e. The van der Waals surface area contributed by atoms with Crippen LogP contribution in [-0.4, -0.2) is 46.9 Å². The first-order valence-electron chi connectivity index (χ1n) is 8.67. The molecule has 4 heterocycles. The highest BCUT2D eigenvalue weighted by atomic mass is 16.3. The van der Waals surface area contributed by atoms with Crippen LogP contribution >= 0.6 is 0 Å². The molecule has 0 atom stereocenters. The minimum atomic E-state index is 0.126. The van der Waals surface area contributed by atoms with Crippen LogP contribution in [0.4, 0.5) is 0 Å². The van der Waals surface area contributed by atoms with Crippen molar-refractivity contribution in [3.63, 3.8) is 0 Å². The summed E-state index contributed by atoms with van der Waals surface area (Å²) in [6, 6.07) is 5.72. The minimum Gasteiger partial charge on any atom is -0.472 e. The van der Waals surface area contributed by atoms with Crippen molar-refractivity contribution in [2.75, 3.05) is 26.2 Å². The second-order valence-corrected chi connectivity index (χ2v) is 7.13. The molecule has 5 nitrogen and oxygen atoms in total. The number of hydrogen-bond acceptors (Lipinski definition) is 4. The van der Waals surface area contributed by atoms with E-state index in [0.29, 0.717) is 11.0 Å². The average Bonchev–Trinajstić information content (AvgIpc) is 3.28. The monoisotopic (exact) mass is 325 g/mol. The number of pyridine rings is 1. The second-order valence-electron chi connectivity index (χ2n) is 7.13. The minimum absolute atomic E-state index is 0.126. The lowest BCUT2D eigenvalue weighted by atomic mass is 9.77. The molecule has 2 saturated heterocycles. The Morgan fingerprint density at radius 2 is 2.04 bits per heavy atom. The van der Waals surface area contributed by atoms with E-state index < -0.39 is 0 Å². The first kappa shape index (κ1) is 15.4. The van der Waals surface area contributed by atoms with E-state index in [-0.39, 0.29) is 5.91 Å². The Labute approximate surface area is 142 Å². The van der Waals surface area contributed by atoms with Gasteiger partial charge >= 0.3 is 0 Å². The summed E-state index contributed by atoms with van der Waals surface area (Å²) < 4.78 is 5.16. The molecule has 0 radical (unpaired) electrons. The van der Waals surface area contributed by atoms with Crippen molar-refractivity contribution < 1.29 is 9.21 Å². The molecule has 0 bridgehead atoms. The van der Waals surface area contributed by atoms with E-state index in [1.807, 2.05) is 29.4 Å². The van der Waals surface area contributed by atoms with Crippen LogP contribution in [0.2, 0.25) is 0 Å². The van der Waals surface area contributed by atoms with Crippen LogP contribution < -0.4 is 0 Å². The molecule has 0 N–H and O–H groups in total. The van der Waals surface area contributed by atoms with Gasteiger partial charge in [0, 0.05) is 37.6 Å². The first-order chi connectivity index (χ1) is 11.7. The van der Waals surface area contributed by atoms with Gasteiger partial charge in [-0.3, -0.25) is 14.7 Å². The van der Waals surface area contributed by atoms with Gasteiger partial charge in [-0.15, -0.1) is 0 Å². The molecule has 2 aliphatic rings. The predicted molar refractivity (Wildman–Crippen MR) is 90.4 cm³/mol. The Bertz CT molecular complexity index is 676. The zero-order chi connectivity index (χ0) is 16.4. The molecule has 126 valence electrons. The summed E-state index contributed by atoms with van der Waals surface area (Å²) >= 11 is 0. The van der Waals surface area contributed by atoms with Crippen LogP contribution in [0.1, 0.15) is 35.2 Å². The zero-order valence-electron chi connectivity index (χ0n) is 13.9. The molecule has 1 amide bonds. The van der Waals surface area contributed by atoms with Gasteiger partial charge < -0.3 is 9.32 Å². The third-order valence-electron chi connectivity index (χ3n) is 5.54. The van der Waals surface area contributed by atoms with Crippen LogP contribution in [0.25, 0.3) is 0 Å². The van der Waals surface area contributed by atoms with Crippen molar-refractivity contribution in [1.29, 1.82) is 0 Å². The summed E-state index contributed by atoms with van der Waals surface area (Å²) in [6.07, 6.45) is 10.4. The fourth-order valence-electron chi connectivity index (χ4n) is 4.01. The highest BCUT2D eigenvalue weighted by molar-refractivity contribution is 5.94. The van der Waals surface area contributed by atoms with Gasteiger partial charge in [-0.2, -0.15) is 0 Å². The molecule has 2 aromatic heterocycles. The van der Waals surface area contributed by atoms with Crippen LogP contribution in [0.15, 0.2) is 47.5 Å². The van der Waals surface area contributed by atoms with E-state index in [9.17, 15) is 4.79 Å². The maximum Gasteiger partial charge on any atom is 0.255 e. The van der Waals surface area contributed by atoms with Crippen molar-refractivity contribution >= 4 is 5.91 Å². The van der Waals surface area contributed by atoms with Gasteiger partial charge in [0.15, 0.2) is 0 Å². The van der Waals surface area contributed by atoms with Crippen LogP contribution in [0, 0.1) is 5.41 Å². The fourth-order valence-corrected chi connectivity index (χ4v) is 4.01. The summed E-state index contributed by atoms with van der Waals surface area (Å²) in [4.78, 5) is 21.2. The Kier molecular flexibility index (Phi) is 4.10. The number of aromatic nitrogens is 1. The van der Waals surface area contributed by atoms with Crippen molar-refractivity contribution in [1.82, 2.24) is 14.8 Å². The van der Waals surface area contributed by atoms with Gasteiger partial charge in [-0.05, 0) is 56.0 Å². The number of amides is 1. The van der Waals surface area contributed by atoms with Gasteiger partial charge in [0.1, 0.15) is 0 Å². The van der Waals surface area contributed by atoms with Gasteiger partial charge in [0.2, 0.25) is 0 Å². The van der Waals surface area contributed by atoms with Crippen molar-refractivity contribution in [3.05, 3.63) is 54.2 Å². The quantitative estimate of drug-likeness (QED) is 0.871. The summed E-state index contributed by atoms with van der Waals surface area (Å²) in [5, 5.41) is 0. The molecule has 0 aliphatic carbocycles. The van der Waals surface area contributed by atoms with Crippen LogP contribution in [-0.2, 0) is 6.54 Å². The Morgan fingerprint density at radius 3 is 2.75 bits per heavy atom. The van der Waals surface area contributed by atoms with E-state index in [0.717, 1.165) is 39.1 Å². The first-order valence-corrected chi connectivity index (χ1v) is 8.67. The number of piperidine rings is 1. The zero-order valence-corrected chi connectivity index (χ0v) is 13.9. The normalized spacial score (nSPS) is 20.6. The SMILES string of the molecule is O=C(c1cccnc1)N1CCC2(CCN(Cc3ccoc3)CC2)C1. The summed E-state index contributed by atoms with van der Waals surface area (Å²) in [6.45, 7) is 4.92. The average molecular weight is 325 g/mol. The summed E-state index contributed by atoms with van der Waals surface area (Å²) in [7, 11) is 0. The standard InChI is InChI=1S/C19H23N3O2/c23-18(17-2-1-7-20-12-17)22-10-6-19(15-22)4-8-21(9-5-19)13-16-3-11-24-14-16/h1-3,7,11-12,14H,4-6,8-10,13,15H2. The molecule has 2 fully saturated rings. The van der Waals surface area contributed by atoms with E-state index >= 15 is 0 Å². The van der Waals surface area contributed by atoms with Crippen LogP contribution in [0.5, 0.6) is 0 Å². The molecule has 1 spiro atoms. The van der Waals surface area contributed by atoms with E-state index in [1.165, 1.54) is 18.4 Å². The number of hydrogen-bond donors (Lipinski definition) is 0. The molecule has 2 aliphatic heterocycles. The highest BCUT2D eigenvalue weighted by Crippen LogP contribution is 2.41. The predicted octanol–water partition coefficient (Wildman–Crippen LogP) is 2.80. The maximum absolute atomic E-state index is 12.6.